The third kappa shape index (κ3) is 2.59. The highest BCUT2D eigenvalue weighted by Crippen LogP contribution is 2.34. The van der Waals surface area contributed by atoms with Crippen LogP contribution < -0.4 is 5.73 Å². The van der Waals surface area contributed by atoms with Gasteiger partial charge in [0, 0.05) is 11.6 Å². The molecule has 0 fully saturated rings. The molecular weight excluding hydrogens is 319 g/mol. The van der Waals surface area contributed by atoms with Gasteiger partial charge in [0.2, 0.25) is 0 Å². The number of aromatic hydroxyl groups is 1. The van der Waals surface area contributed by atoms with Crippen LogP contribution >= 0.6 is 11.6 Å². The summed E-state index contributed by atoms with van der Waals surface area (Å²) in [6.07, 6.45) is 1.44. The summed E-state index contributed by atoms with van der Waals surface area (Å²) < 4.78 is 13.7. The highest BCUT2D eigenvalue weighted by molar-refractivity contribution is 6.32. The summed E-state index contributed by atoms with van der Waals surface area (Å²) in [5.74, 6) is -1.58. The maximum Gasteiger partial charge on any atom is 0.170 e. The first-order chi connectivity index (χ1) is 10.9. The molecule has 0 aliphatic heterocycles. The van der Waals surface area contributed by atoms with Crippen LogP contribution in [0.4, 0.5) is 10.1 Å². The summed E-state index contributed by atoms with van der Waals surface area (Å²) in [6.45, 7) is 1.41. The van der Waals surface area contributed by atoms with Crippen molar-refractivity contribution >= 4 is 34.0 Å². The number of carbonyl (C=O) groups excluding carboxylic acids is 1. The Morgan fingerprint density at radius 1 is 1.26 bits per heavy atom. The van der Waals surface area contributed by atoms with E-state index in [1.165, 1.54) is 25.3 Å². The molecule has 3 rings (SSSR count). The number of nitrogens with two attached hydrogens (primary N) is 1. The summed E-state index contributed by atoms with van der Waals surface area (Å²) in [7, 11) is 0. The van der Waals surface area contributed by atoms with Gasteiger partial charge in [0.15, 0.2) is 17.3 Å². The van der Waals surface area contributed by atoms with Gasteiger partial charge in [0.1, 0.15) is 0 Å². The number of aromatic nitrogens is 1. The Morgan fingerprint density at radius 3 is 2.65 bits per heavy atom. The summed E-state index contributed by atoms with van der Waals surface area (Å²) >= 11 is 5.81. The molecule has 0 saturated carbocycles. The maximum atomic E-state index is 13.7. The van der Waals surface area contributed by atoms with Gasteiger partial charge >= 0.3 is 0 Å². The number of phenols is 1. The number of pyridine rings is 1. The number of fused-ring (bicyclic) bond motifs is 1. The number of Topliss-reactive ketones (excluding diaryl/α,β-unsaturated/α-hetero) is 1. The number of phenolic OH excluding ortho intramolecular Hbond substituents is 1. The van der Waals surface area contributed by atoms with E-state index in [2.05, 4.69) is 4.98 Å². The SMILES string of the molecule is CC(=O)c1cnc2ccc(-c3cc(F)c(O)c(Cl)c3)cc2c1N. The molecule has 3 N–H and O–H groups in total. The molecule has 4 nitrogen and oxygen atoms in total. The molecule has 0 saturated heterocycles. The van der Waals surface area contributed by atoms with E-state index in [1.807, 2.05) is 0 Å². The Balaban J connectivity index is 2.24. The zero-order chi connectivity index (χ0) is 16.7. The molecular formula is C17H12ClFN2O2. The standard InChI is InChI=1S/C17H12ClFN2O2/c1-8(22)12-7-21-15-3-2-9(4-11(15)16(12)20)10-5-13(18)17(23)14(19)6-10/h2-7,23H,1H3,(H2,20,21). The van der Waals surface area contributed by atoms with Crippen LogP contribution in [0.1, 0.15) is 17.3 Å². The van der Waals surface area contributed by atoms with Crippen LogP contribution in [-0.4, -0.2) is 15.9 Å². The van der Waals surface area contributed by atoms with Crippen molar-refractivity contribution in [2.75, 3.05) is 5.73 Å². The minimum atomic E-state index is -0.809. The minimum absolute atomic E-state index is 0.0799. The molecule has 0 spiro atoms. The summed E-state index contributed by atoms with van der Waals surface area (Å²) in [5, 5.41) is 9.93. The predicted octanol–water partition coefficient (Wildman–Crippen LogP) is 4.18. The van der Waals surface area contributed by atoms with Gasteiger partial charge in [0.05, 0.1) is 21.8 Å². The Kier molecular flexibility index (Phi) is 3.66. The van der Waals surface area contributed by atoms with Crippen LogP contribution in [0.3, 0.4) is 0 Å². The second kappa shape index (κ2) is 5.52. The molecule has 0 unspecified atom stereocenters. The van der Waals surface area contributed by atoms with Crippen molar-refractivity contribution in [3.8, 4) is 16.9 Å². The highest BCUT2D eigenvalue weighted by atomic mass is 35.5. The first kappa shape index (κ1) is 15.2. The number of carbonyl (C=O) groups is 1. The average Bonchev–Trinajstić information content (AvgIpc) is 2.52. The Hall–Kier alpha value is -2.66. The number of ketones is 1. The van der Waals surface area contributed by atoms with Crippen LogP contribution in [-0.2, 0) is 0 Å². The quantitative estimate of drug-likeness (QED) is 0.691. The van der Waals surface area contributed by atoms with Gasteiger partial charge in [-0.15, -0.1) is 0 Å². The van der Waals surface area contributed by atoms with Gasteiger partial charge in [-0.3, -0.25) is 9.78 Å². The fraction of sp³-hybridized carbons (Fsp3) is 0.0588. The zero-order valence-corrected chi connectivity index (χ0v) is 12.9. The van der Waals surface area contributed by atoms with Crippen LogP contribution in [0.15, 0.2) is 36.5 Å². The molecule has 2 aromatic carbocycles. The van der Waals surface area contributed by atoms with Gasteiger partial charge < -0.3 is 10.8 Å². The Morgan fingerprint density at radius 2 is 2.00 bits per heavy atom. The molecule has 116 valence electrons. The van der Waals surface area contributed by atoms with E-state index in [0.29, 0.717) is 33.3 Å². The van der Waals surface area contributed by atoms with Crippen LogP contribution in [0.2, 0.25) is 5.02 Å². The monoisotopic (exact) mass is 330 g/mol. The van der Waals surface area contributed by atoms with Crippen molar-refractivity contribution in [2.24, 2.45) is 0 Å². The number of anilines is 1. The number of nitrogens with zero attached hydrogens (tertiary/aromatic N) is 1. The third-order valence-corrected chi connectivity index (χ3v) is 3.93. The van der Waals surface area contributed by atoms with Crippen molar-refractivity contribution in [3.05, 3.63) is 52.9 Å². The van der Waals surface area contributed by atoms with Crippen LogP contribution in [0, 0.1) is 5.82 Å². The molecule has 3 aromatic rings. The molecule has 0 amide bonds. The highest BCUT2D eigenvalue weighted by Gasteiger charge is 2.13. The van der Waals surface area contributed by atoms with Crippen LogP contribution in [0.5, 0.6) is 5.75 Å². The third-order valence-electron chi connectivity index (χ3n) is 3.64. The summed E-state index contributed by atoms with van der Waals surface area (Å²) in [5.41, 5.74) is 8.47. The predicted molar refractivity (Wildman–Crippen MR) is 88.2 cm³/mol. The van der Waals surface area contributed by atoms with Crippen molar-refractivity contribution < 1.29 is 14.3 Å². The molecule has 23 heavy (non-hydrogen) atoms. The number of benzene rings is 2. The van der Waals surface area contributed by atoms with Crippen molar-refractivity contribution in [1.29, 1.82) is 0 Å². The number of hydrogen-bond donors (Lipinski definition) is 2. The van der Waals surface area contributed by atoms with Gasteiger partial charge in [0.25, 0.3) is 0 Å². The van der Waals surface area contributed by atoms with Gasteiger partial charge in [-0.05, 0) is 42.3 Å². The smallest absolute Gasteiger partial charge is 0.170 e. The fourth-order valence-corrected chi connectivity index (χ4v) is 2.61. The lowest BCUT2D eigenvalue weighted by molar-refractivity contribution is 0.101. The molecule has 1 heterocycles. The number of nitrogen functional groups attached to an aromatic ring is 1. The number of rotatable bonds is 2. The minimum Gasteiger partial charge on any atom is -0.504 e. The van der Waals surface area contributed by atoms with E-state index in [0.717, 1.165) is 0 Å². The van der Waals surface area contributed by atoms with Crippen molar-refractivity contribution in [2.45, 2.75) is 6.92 Å². The molecule has 0 aliphatic rings. The normalized spacial score (nSPS) is 10.9. The van der Waals surface area contributed by atoms with Gasteiger partial charge in [-0.1, -0.05) is 17.7 Å². The molecule has 6 heteroatoms. The summed E-state index contributed by atoms with van der Waals surface area (Å²) in [4.78, 5) is 15.8. The topological polar surface area (TPSA) is 76.2 Å². The van der Waals surface area contributed by atoms with E-state index >= 15 is 0 Å². The molecule has 0 aliphatic carbocycles. The van der Waals surface area contributed by atoms with E-state index in [4.69, 9.17) is 17.3 Å². The fourth-order valence-electron chi connectivity index (χ4n) is 2.41. The van der Waals surface area contributed by atoms with Gasteiger partial charge in [-0.2, -0.15) is 0 Å². The Labute approximate surface area is 136 Å². The van der Waals surface area contributed by atoms with E-state index in [-0.39, 0.29) is 10.8 Å². The molecule has 0 atom stereocenters. The number of hydrogen-bond acceptors (Lipinski definition) is 4. The van der Waals surface area contributed by atoms with Crippen molar-refractivity contribution in [1.82, 2.24) is 4.98 Å². The van der Waals surface area contributed by atoms with Gasteiger partial charge in [-0.25, -0.2) is 4.39 Å². The number of halogens is 2. The second-order valence-electron chi connectivity index (χ2n) is 5.16. The lowest BCUT2D eigenvalue weighted by Gasteiger charge is -2.09. The van der Waals surface area contributed by atoms with E-state index in [1.54, 1.807) is 18.2 Å². The lowest BCUT2D eigenvalue weighted by atomic mass is 10.0. The lowest BCUT2D eigenvalue weighted by Crippen LogP contribution is -2.01. The Bertz CT molecular complexity index is 934. The van der Waals surface area contributed by atoms with Crippen LogP contribution in [0.25, 0.3) is 22.0 Å². The summed E-state index contributed by atoms with van der Waals surface area (Å²) in [6, 6.07) is 7.82. The average molecular weight is 331 g/mol. The van der Waals surface area contributed by atoms with E-state index < -0.39 is 11.6 Å². The van der Waals surface area contributed by atoms with E-state index in [9.17, 15) is 14.3 Å². The second-order valence-corrected chi connectivity index (χ2v) is 5.57. The maximum absolute atomic E-state index is 13.7. The molecule has 0 bridgehead atoms. The zero-order valence-electron chi connectivity index (χ0n) is 12.1. The van der Waals surface area contributed by atoms with Crippen molar-refractivity contribution in [3.63, 3.8) is 0 Å². The molecule has 1 aromatic heterocycles. The first-order valence-corrected chi connectivity index (χ1v) is 7.14. The first-order valence-electron chi connectivity index (χ1n) is 6.76. The largest absolute Gasteiger partial charge is 0.504 e. The molecule has 0 radical (unpaired) electrons.